The molecule has 0 saturated carbocycles. The maximum atomic E-state index is 12.3. The van der Waals surface area contributed by atoms with Crippen molar-refractivity contribution in [2.45, 2.75) is 12.6 Å². The number of alkyl halides is 3. The molecule has 7 heteroatoms. The van der Waals surface area contributed by atoms with Gasteiger partial charge in [0.25, 0.3) is 0 Å². The van der Waals surface area contributed by atoms with E-state index >= 15 is 0 Å². The highest BCUT2D eigenvalue weighted by Gasteiger charge is 2.34. The summed E-state index contributed by atoms with van der Waals surface area (Å²) in [5.74, 6) is 1.46. The number of halogens is 3. The van der Waals surface area contributed by atoms with Crippen molar-refractivity contribution in [3.05, 3.63) is 18.3 Å². The van der Waals surface area contributed by atoms with Crippen LogP contribution in [0, 0.1) is 5.92 Å². The molecular weight excluding hydrogens is 271 g/mol. The molecule has 0 amide bonds. The molecule has 1 aromatic heterocycles. The number of methoxy groups -OCH3 is 1. The van der Waals surface area contributed by atoms with Crippen molar-refractivity contribution in [1.29, 1.82) is 0 Å². The Morgan fingerprint density at radius 3 is 3.00 bits per heavy atom. The Bertz CT molecular complexity index is 439. The predicted octanol–water partition coefficient (Wildman–Crippen LogP) is 2.39. The Kier molecular flexibility index (Phi) is 4.69. The Morgan fingerprint density at radius 1 is 1.50 bits per heavy atom. The van der Waals surface area contributed by atoms with Crippen LogP contribution in [0.5, 0.6) is 5.75 Å². The summed E-state index contributed by atoms with van der Waals surface area (Å²) >= 11 is 0. The zero-order valence-corrected chi connectivity index (χ0v) is 11.3. The highest BCUT2D eigenvalue weighted by Crippen LogP contribution is 2.24. The van der Waals surface area contributed by atoms with Gasteiger partial charge in [-0.3, -0.25) is 4.90 Å². The highest BCUT2D eigenvalue weighted by molar-refractivity contribution is 5.49. The summed E-state index contributed by atoms with van der Waals surface area (Å²) in [6.45, 7) is 0.727. The number of likely N-dealkylation sites (tertiary alicyclic amines) is 1. The Morgan fingerprint density at radius 2 is 2.30 bits per heavy atom. The van der Waals surface area contributed by atoms with Crippen molar-refractivity contribution in [2.24, 2.45) is 5.92 Å². The third-order valence-electron chi connectivity index (χ3n) is 3.32. The first-order chi connectivity index (χ1) is 9.48. The zero-order valence-electron chi connectivity index (χ0n) is 11.3. The van der Waals surface area contributed by atoms with Crippen LogP contribution in [0.2, 0.25) is 0 Å². The van der Waals surface area contributed by atoms with Crippen LogP contribution < -0.4 is 10.1 Å². The molecule has 1 aromatic rings. The summed E-state index contributed by atoms with van der Waals surface area (Å²) in [7, 11) is 1.56. The van der Waals surface area contributed by atoms with Gasteiger partial charge in [0.1, 0.15) is 0 Å². The number of pyridine rings is 1. The maximum absolute atomic E-state index is 12.3. The standard InChI is InChI=1S/C13H18F3N3O/c1-20-11-3-2-5-17-12(11)18-7-10-4-6-19(8-10)9-13(14,15)16/h2-3,5,10H,4,6-9H2,1H3,(H,17,18). The summed E-state index contributed by atoms with van der Waals surface area (Å²) < 4.78 is 42.1. The van der Waals surface area contributed by atoms with Crippen LogP contribution in [-0.4, -0.2) is 49.3 Å². The Labute approximate surface area is 115 Å². The van der Waals surface area contributed by atoms with Gasteiger partial charge < -0.3 is 10.1 Å². The molecule has 1 N–H and O–H groups in total. The molecule has 2 heterocycles. The fraction of sp³-hybridized carbons (Fsp3) is 0.615. The quantitative estimate of drug-likeness (QED) is 0.903. The van der Waals surface area contributed by atoms with E-state index in [0.717, 1.165) is 6.42 Å². The molecule has 112 valence electrons. The average molecular weight is 289 g/mol. The van der Waals surface area contributed by atoms with Crippen molar-refractivity contribution in [1.82, 2.24) is 9.88 Å². The molecule has 4 nitrogen and oxygen atoms in total. The number of anilines is 1. The van der Waals surface area contributed by atoms with E-state index in [0.29, 0.717) is 31.2 Å². The SMILES string of the molecule is COc1cccnc1NCC1CCN(CC(F)(F)F)C1. The monoisotopic (exact) mass is 289 g/mol. The van der Waals surface area contributed by atoms with Crippen LogP contribution in [0.1, 0.15) is 6.42 Å². The smallest absolute Gasteiger partial charge is 0.401 e. The molecule has 1 atom stereocenters. The minimum absolute atomic E-state index is 0.198. The third kappa shape index (κ3) is 4.26. The summed E-state index contributed by atoms with van der Waals surface area (Å²) in [6.07, 6.45) is -1.71. The molecule has 1 unspecified atom stereocenters. The molecule has 1 saturated heterocycles. The van der Waals surface area contributed by atoms with E-state index in [2.05, 4.69) is 10.3 Å². The largest absolute Gasteiger partial charge is 0.493 e. The molecule has 0 aliphatic carbocycles. The molecule has 1 fully saturated rings. The van der Waals surface area contributed by atoms with Gasteiger partial charge in [-0.1, -0.05) is 0 Å². The van der Waals surface area contributed by atoms with Gasteiger partial charge in [0.15, 0.2) is 11.6 Å². The summed E-state index contributed by atoms with van der Waals surface area (Å²) in [4.78, 5) is 5.61. The molecular formula is C13H18F3N3O. The number of hydrogen-bond donors (Lipinski definition) is 1. The van der Waals surface area contributed by atoms with Crippen LogP contribution in [0.4, 0.5) is 19.0 Å². The third-order valence-corrected chi connectivity index (χ3v) is 3.32. The van der Waals surface area contributed by atoms with E-state index in [4.69, 9.17) is 4.74 Å². The summed E-state index contributed by atoms with van der Waals surface area (Å²) in [5, 5.41) is 3.15. The van der Waals surface area contributed by atoms with E-state index in [1.165, 1.54) is 4.90 Å². The lowest BCUT2D eigenvalue weighted by molar-refractivity contribution is -0.143. The average Bonchev–Trinajstić information content (AvgIpc) is 2.82. The summed E-state index contributed by atoms with van der Waals surface area (Å²) in [5.41, 5.74) is 0. The second kappa shape index (κ2) is 6.30. The van der Waals surface area contributed by atoms with Crippen LogP contribution in [0.25, 0.3) is 0 Å². The summed E-state index contributed by atoms with van der Waals surface area (Å²) in [6, 6.07) is 3.56. The fourth-order valence-corrected chi connectivity index (χ4v) is 2.41. The number of nitrogens with zero attached hydrogens (tertiary/aromatic N) is 2. The topological polar surface area (TPSA) is 37.4 Å². The lowest BCUT2D eigenvalue weighted by atomic mass is 10.1. The van der Waals surface area contributed by atoms with Crippen LogP contribution in [-0.2, 0) is 0 Å². The van der Waals surface area contributed by atoms with Gasteiger partial charge in [0.05, 0.1) is 13.7 Å². The number of aromatic nitrogens is 1. The first-order valence-electron chi connectivity index (χ1n) is 6.50. The van der Waals surface area contributed by atoms with E-state index in [9.17, 15) is 13.2 Å². The first-order valence-corrected chi connectivity index (χ1v) is 6.50. The zero-order chi connectivity index (χ0) is 14.6. The molecule has 0 aromatic carbocycles. The van der Waals surface area contributed by atoms with Gasteiger partial charge in [-0.15, -0.1) is 0 Å². The van der Waals surface area contributed by atoms with Crippen molar-refractivity contribution < 1.29 is 17.9 Å². The number of ether oxygens (including phenoxy) is 1. The molecule has 2 rings (SSSR count). The molecule has 0 bridgehead atoms. The number of nitrogens with one attached hydrogen (secondary N) is 1. The molecule has 0 radical (unpaired) electrons. The molecule has 20 heavy (non-hydrogen) atoms. The van der Waals surface area contributed by atoms with Gasteiger partial charge in [-0.2, -0.15) is 13.2 Å². The van der Waals surface area contributed by atoms with Crippen molar-refractivity contribution in [2.75, 3.05) is 38.6 Å². The molecule has 1 aliphatic rings. The van der Waals surface area contributed by atoms with Gasteiger partial charge in [-0.05, 0) is 31.0 Å². The van der Waals surface area contributed by atoms with Gasteiger partial charge in [0.2, 0.25) is 0 Å². The highest BCUT2D eigenvalue weighted by atomic mass is 19.4. The van der Waals surface area contributed by atoms with Crippen LogP contribution in [0.15, 0.2) is 18.3 Å². The lowest BCUT2D eigenvalue weighted by Gasteiger charge is -2.18. The van der Waals surface area contributed by atoms with Crippen LogP contribution in [0.3, 0.4) is 0 Å². The van der Waals surface area contributed by atoms with Crippen molar-refractivity contribution >= 4 is 5.82 Å². The van der Waals surface area contributed by atoms with Crippen molar-refractivity contribution in [3.63, 3.8) is 0 Å². The lowest BCUT2D eigenvalue weighted by Crippen LogP contribution is -2.33. The Hall–Kier alpha value is -1.50. The molecule has 1 aliphatic heterocycles. The van der Waals surface area contributed by atoms with E-state index in [-0.39, 0.29) is 5.92 Å². The molecule has 0 spiro atoms. The van der Waals surface area contributed by atoms with Crippen LogP contribution >= 0.6 is 0 Å². The van der Waals surface area contributed by atoms with Crippen molar-refractivity contribution in [3.8, 4) is 5.75 Å². The number of hydrogen-bond acceptors (Lipinski definition) is 4. The minimum atomic E-state index is -4.12. The maximum Gasteiger partial charge on any atom is 0.401 e. The van der Waals surface area contributed by atoms with Gasteiger partial charge in [0, 0.05) is 19.3 Å². The number of rotatable bonds is 5. The minimum Gasteiger partial charge on any atom is -0.493 e. The second-order valence-corrected chi connectivity index (χ2v) is 4.94. The predicted molar refractivity (Wildman–Crippen MR) is 69.9 cm³/mol. The van der Waals surface area contributed by atoms with E-state index in [1.807, 2.05) is 0 Å². The Balaban J connectivity index is 1.81. The fourth-order valence-electron chi connectivity index (χ4n) is 2.41. The van der Waals surface area contributed by atoms with Gasteiger partial charge >= 0.3 is 6.18 Å². The van der Waals surface area contributed by atoms with E-state index in [1.54, 1.807) is 25.4 Å². The van der Waals surface area contributed by atoms with Gasteiger partial charge in [-0.25, -0.2) is 4.98 Å². The normalized spacial score (nSPS) is 20.1. The first kappa shape index (κ1) is 14.9. The second-order valence-electron chi connectivity index (χ2n) is 4.94. The van der Waals surface area contributed by atoms with E-state index < -0.39 is 12.7 Å².